The molecule has 1 saturated carbocycles. The van der Waals surface area contributed by atoms with Crippen LogP contribution in [0.15, 0.2) is 42.5 Å². The van der Waals surface area contributed by atoms with Crippen LogP contribution in [0.5, 0.6) is 0 Å². The summed E-state index contributed by atoms with van der Waals surface area (Å²) in [7, 11) is 0. The summed E-state index contributed by atoms with van der Waals surface area (Å²) in [6, 6.07) is 12.8. The highest BCUT2D eigenvalue weighted by molar-refractivity contribution is 6.31. The van der Waals surface area contributed by atoms with Crippen molar-refractivity contribution in [1.82, 2.24) is 0 Å². The van der Waals surface area contributed by atoms with Crippen molar-refractivity contribution in [3.8, 4) is 6.07 Å². The van der Waals surface area contributed by atoms with Gasteiger partial charge < -0.3 is 10.6 Å². The second-order valence-electron chi connectivity index (χ2n) is 6.85. The molecule has 0 spiro atoms. The van der Waals surface area contributed by atoms with Gasteiger partial charge in [-0.1, -0.05) is 11.6 Å². The van der Waals surface area contributed by atoms with Crippen LogP contribution in [-0.2, 0) is 9.59 Å². The molecular formula is C21H19ClFN3O2. The molecule has 28 heavy (non-hydrogen) atoms. The number of carbonyl (C=O) groups is 2. The second-order valence-corrected chi connectivity index (χ2v) is 7.25. The number of carbonyl (C=O) groups excluding carboxylic acids is 2. The largest absolute Gasteiger partial charge is 0.326 e. The third-order valence-corrected chi connectivity index (χ3v) is 5.23. The average molecular weight is 400 g/mol. The highest BCUT2D eigenvalue weighted by atomic mass is 35.5. The Labute approximate surface area is 167 Å². The van der Waals surface area contributed by atoms with Crippen LogP contribution >= 0.6 is 11.6 Å². The van der Waals surface area contributed by atoms with Crippen molar-refractivity contribution in [2.45, 2.75) is 25.7 Å². The van der Waals surface area contributed by atoms with E-state index in [1.807, 2.05) is 6.07 Å². The van der Waals surface area contributed by atoms with Gasteiger partial charge in [0.15, 0.2) is 0 Å². The Morgan fingerprint density at radius 1 is 0.929 bits per heavy atom. The second kappa shape index (κ2) is 8.85. The monoisotopic (exact) mass is 399 g/mol. The van der Waals surface area contributed by atoms with E-state index in [-0.39, 0.29) is 28.7 Å². The Balaban J connectivity index is 1.50. The van der Waals surface area contributed by atoms with E-state index in [4.69, 9.17) is 16.9 Å². The summed E-state index contributed by atoms with van der Waals surface area (Å²) in [4.78, 5) is 24.8. The lowest BCUT2D eigenvalue weighted by Crippen LogP contribution is -2.32. The Morgan fingerprint density at radius 3 is 1.93 bits per heavy atom. The molecule has 5 nitrogen and oxygen atoms in total. The van der Waals surface area contributed by atoms with Gasteiger partial charge in [0.05, 0.1) is 16.7 Å². The fourth-order valence-corrected chi connectivity index (χ4v) is 3.49. The molecule has 1 aliphatic rings. The van der Waals surface area contributed by atoms with E-state index in [2.05, 4.69) is 10.6 Å². The zero-order valence-corrected chi connectivity index (χ0v) is 15.8. The molecule has 2 amide bonds. The molecule has 3 rings (SSSR count). The molecule has 7 heteroatoms. The minimum absolute atomic E-state index is 0.0408. The predicted octanol–water partition coefficient (Wildman–Crippen LogP) is 4.73. The Morgan fingerprint density at radius 2 is 1.43 bits per heavy atom. The highest BCUT2D eigenvalue weighted by Crippen LogP contribution is 2.31. The maximum absolute atomic E-state index is 13.2. The fraction of sp³-hybridized carbons (Fsp3) is 0.286. The van der Waals surface area contributed by atoms with Crippen molar-refractivity contribution >= 4 is 34.8 Å². The van der Waals surface area contributed by atoms with Crippen molar-refractivity contribution in [3.63, 3.8) is 0 Å². The molecule has 1 aliphatic carbocycles. The van der Waals surface area contributed by atoms with E-state index >= 15 is 0 Å². The minimum atomic E-state index is -0.534. The quantitative estimate of drug-likeness (QED) is 0.779. The molecule has 0 unspecified atom stereocenters. The van der Waals surface area contributed by atoms with Crippen LogP contribution in [0.3, 0.4) is 0 Å². The van der Waals surface area contributed by atoms with Crippen molar-refractivity contribution in [3.05, 3.63) is 58.9 Å². The summed E-state index contributed by atoms with van der Waals surface area (Å²) < 4.78 is 13.2. The number of benzene rings is 2. The molecule has 2 N–H and O–H groups in total. The van der Waals surface area contributed by atoms with E-state index < -0.39 is 5.82 Å². The van der Waals surface area contributed by atoms with Crippen LogP contribution in [-0.4, -0.2) is 11.8 Å². The summed E-state index contributed by atoms with van der Waals surface area (Å²) >= 11 is 5.73. The van der Waals surface area contributed by atoms with Crippen LogP contribution in [0, 0.1) is 29.0 Å². The van der Waals surface area contributed by atoms with E-state index in [1.54, 1.807) is 24.3 Å². The van der Waals surface area contributed by atoms with Crippen molar-refractivity contribution in [2.75, 3.05) is 10.6 Å². The number of anilines is 2. The van der Waals surface area contributed by atoms with Crippen molar-refractivity contribution in [1.29, 1.82) is 5.26 Å². The standard InChI is InChI=1S/C21H19ClFN3O2/c22-18-11-17(9-10-19(18)23)26-21(28)15-5-3-14(4-6-15)20(27)25-16-7-1-13(12-24)2-8-16/h1-2,7-11,14-15H,3-6H2,(H,25,27)(H,26,28). The third-order valence-electron chi connectivity index (χ3n) is 4.94. The maximum atomic E-state index is 13.2. The smallest absolute Gasteiger partial charge is 0.227 e. The number of nitrogens with zero attached hydrogens (tertiary/aromatic N) is 1. The number of halogens is 2. The first-order valence-electron chi connectivity index (χ1n) is 9.03. The van der Waals surface area contributed by atoms with Crippen LogP contribution in [0.1, 0.15) is 31.2 Å². The van der Waals surface area contributed by atoms with Gasteiger partial charge in [-0.15, -0.1) is 0 Å². The number of amides is 2. The Hall–Kier alpha value is -2.91. The normalized spacial score (nSPS) is 18.8. The lowest BCUT2D eigenvalue weighted by atomic mass is 9.81. The molecule has 0 aromatic heterocycles. The lowest BCUT2D eigenvalue weighted by Gasteiger charge is -2.27. The van der Waals surface area contributed by atoms with E-state index in [0.29, 0.717) is 42.6 Å². The predicted molar refractivity (Wildman–Crippen MR) is 105 cm³/mol. The molecule has 0 atom stereocenters. The molecule has 0 aliphatic heterocycles. The third kappa shape index (κ3) is 4.87. The number of nitrogens with one attached hydrogen (secondary N) is 2. The van der Waals surface area contributed by atoms with Gasteiger partial charge in [0.25, 0.3) is 0 Å². The van der Waals surface area contributed by atoms with E-state index in [9.17, 15) is 14.0 Å². The van der Waals surface area contributed by atoms with Gasteiger partial charge in [-0.25, -0.2) is 4.39 Å². The minimum Gasteiger partial charge on any atom is -0.326 e. The molecule has 144 valence electrons. The van der Waals surface area contributed by atoms with Gasteiger partial charge in [-0.3, -0.25) is 9.59 Å². The van der Waals surface area contributed by atoms with Gasteiger partial charge in [-0.05, 0) is 68.1 Å². The first kappa shape index (κ1) is 19.8. The van der Waals surface area contributed by atoms with Crippen LogP contribution in [0.2, 0.25) is 5.02 Å². The highest BCUT2D eigenvalue weighted by Gasteiger charge is 2.30. The van der Waals surface area contributed by atoms with Gasteiger partial charge in [0, 0.05) is 23.2 Å². The Kier molecular flexibility index (Phi) is 6.27. The van der Waals surface area contributed by atoms with E-state index in [0.717, 1.165) is 0 Å². The zero-order valence-electron chi connectivity index (χ0n) is 15.0. The molecule has 2 aromatic carbocycles. The molecule has 1 fully saturated rings. The fourth-order valence-electron chi connectivity index (χ4n) is 3.31. The molecule has 0 bridgehead atoms. The van der Waals surface area contributed by atoms with Gasteiger partial charge in [0.1, 0.15) is 5.82 Å². The number of rotatable bonds is 4. The average Bonchev–Trinajstić information content (AvgIpc) is 2.71. The molecule has 2 aromatic rings. The number of hydrogen-bond acceptors (Lipinski definition) is 3. The Bertz CT molecular complexity index is 916. The lowest BCUT2D eigenvalue weighted by molar-refractivity contribution is -0.125. The maximum Gasteiger partial charge on any atom is 0.227 e. The molecule has 0 radical (unpaired) electrons. The van der Waals surface area contributed by atoms with Crippen LogP contribution in [0.4, 0.5) is 15.8 Å². The summed E-state index contributed by atoms with van der Waals surface area (Å²) in [5.74, 6) is -1.10. The molecule has 0 saturated heterocycles. The van der Waals surface area contributed by atoms with Gasteiger partial charge in [-0.2, -0.15) is 5.26 Å². The van der Waals surface area contributed by atoms with Gasteiger partial charge in [0.2, 0.25) is 11.8 Å². The topological polar surface area (TPSA) is 82.0 Å². The summed E-state index contributed by atoms with van der Waals surface area (Å²) in [5, 5.41) is 14.4. The van der Waals surface area contributed by atoms with Crippen molar-refractivity contribution < 1.29 is 14.0 Å². The SMILES string of the molecule is N#Cc1ccc(NC(=O)C2CCC(C(=O)Nc3ccc(F)c(Cl)c3)CC2)cc1. The summed E-state index contributed by atoms with van der Waals surface area (Å²) in [6.07, 6.45) is 2.44. The van der Waals surface area contributed by atoms with Crippen molar-refractivity contribution in [2.24, 2.45) is 11.8 Å². The first-order valence-corrected chi connectivity index (χ1v) is 9.41. The zero-order chi connectivity index (χ0) is 20.1. The van der Waals surface area contributed by atoms with Crippen LogP contribution < -0.4 is 10.6 Å². The van der Waals surface area contributed by atoms with Gasteiger partial charge >= 0.3 is 0 Å². The summed E-state index contributed by atoms with van der Waals surface area (Å²) in [6.45, 7) is 0. The number of nitriles is 1. The first-order chi connectivity index (χ1) is 13.5. The summed E-state index contributed by atoms with van der Waals surface area (Å²) in [5.41, 5.74) is 1.64. The van der Waals surface area contributed by atoms with E-state index in [1.165, 1.54) is 18.2 Å². The number of hydrogen-bond donors (Lipinski definition) is 2. The molecule has 0 heterocycles. The van der Waals surface area contributed by atoms with Crippen LogP contribution in [0.25, 0.3) is 0 Å². The molecular weight excluding hydrogens is 381 g/mol.